The third-order valence-electron chi connectivity index (χ3n) is 6.13. The molecule has 0 fully saturated rings. The summed E-state index contributed by atoms with van der Waals surface area (Å²) in [6.45, 7) is 1.86. The lowest BCUT2D eigenvalue weighted by Crippen LogP contribution is -2.37. The number of pyridine rings is 1. The lowest BCUT2D eigenvalue weighted by molar-refractivity contribution is -0.116. The van der Waals surface area contributed by atoms with E-state index in [1.165, 1.54) is 0 Å². The van der Waals surface area contributed by atoms with Crippen molar-refractivity contribution in [2.45, 2.75) is 31.6 Å². The van der Waals surface area contributed by atoms with Crippen LogP contribution in [0.3, 0.4) is 0 Å². The number of carbonyl (C=O) groups is 2. The third-order valence-corrected chi connectivity index (χ3v) is 6.38. The van der Waals surface area contributed by atoms with Gasteiger partial charge in [-0.2, -0.15) is 0 Å². The Hall–Kier alpha value is -3.64. The maximum absolute atomic E-state index is 13.5. The Morgan fingerprint density at radius 2 is 1.94 bits per heavy atom. The molecule has 1 aliphatic heterocycles. The van der Waals surface area contributed by atoms with Crippen molar-refractivity contribution in [3.05, 3.63) is 106 Å². The number of Topliss-reactive ketones (excluding diaryl/α,β-unsaturated/α-hetero) is 1. The molecular formula is C26H22ClN3O3. The summed E-state index contributed by atoms with van der Waals surface area (Å²) in [6, 6.07) is 16.4. The van der Waals surface area contributed by atoms with Crippen molar-refractivity contribution in [3.63, 3.8) is 0 Å². The molecule has 2 aromatic heterocycles. The molecule has 0 radical (unpaired) electrons. The SMILES string of the molecule is CC1=C(C(=O)Nc2ccccn2)C(c2ccc(Cl)cc2)C2=C(CC(c3ccco3)CC2=O)N1. The van der Waals surface area contributed by atoms with Gasteiger partial charge in [-0.25, -0.2) is 4.98 Å². The first-order chi connectivity index (χ1) is 16.0. The Labute approximate surface area is 196 Å². The second-order valence-corrected chi connectivity index (χ2v) is 8.69. The molecule has 166 valence electrons. The average molecular weight is 460 g/mol. The minimum Gasteiger partial charge on any atom is -0.469 e. The Morgan fingerprint density at radius 3 is 2.64 bits per heavy atom. The van der Waals surface area contributed by atoms with Gasteiger partial charge in [0.25, 0.3) is 5.91 Å². The van der Waals surface area contributed by atoms with Crippen molar-refractivity contribution in [1.82, 2.24) is 10.3 Å². The summed E-state index contributed by atoms with van der Waals surface area (Å²) in [7, 11) is 0. The van der Waals surface area contributed by atoms with Gasteiger partial charge in [-0.3, -0.25) is 9.59 Å². The number of hydrogen-bond acceptors (Lipinski definition) is 5. The molecule has 3 aromatic rings. The summed E-state index contributed by atoms with van der Waals surface area (Å²) < 4.78 is 5.58. The monoisotopic (exact) mass is 459 g/mol. The Balaban J connectivity index is 1.57. The molecule has 0 bridgehead atoms. The van der Waals surface area contributed by atoms with E-state index in [4.69, 9.17) is 16.0 Å². The van der Waals surface area contributed by atoms with Crippen molar-refractivity contribution >= 4 is 29.1 Å². The predicted molar refractivity (Wildman–Crippen MR) is 126 cm³/mol. The number of amides is 1. The van der Waals surface area contributed by atoms with Gasteiger partial charge in [0.15, 0.2) is 5.78 Å². The van der Waals surface area contributed by atoms with Crippen LogP contribution in [0.2, 0.25) is 5.02 Å². The van der Waals surface area contributed by atoms with Crippen LogP contribution in [-0.2, 0) is 9.59 Å². The van der Waals surface area contributed by atoms with Gasteiger partial charge in [0, 0.05) is 52.0 Å². The molecule has 0 saturated heterocycles. The Kier molecular flexibility index (Phi) is 5.60. The fourth-order valence-corrected chi connectivity index (χ4v) is 4.80. The lowest BCUT2D eigenvalue weighted by atomic mass is 9.72. The summed E-state index contributed by atoms with van der Waals surface area (Å²) in [5.41, 5.74) is 3.49. The molecule has 3 heterocycles. The zero-order chi connectivity index (χ0) is 22.9. The van der Waals surface area contributed by atoms with Crippen LogP contribution in [0.4, 0.5) is 5.82 Å². The molecular weight excluding hydrogens is 438 g/mol. The van der Waals surface area contributed by atoms with Crippen LogP contribution in [0, 0.1) is 0 Å². The van der Waals surface area contributed by atoms with Crippen molar-refractivity contribution in [2.24, 2.45) is 0 Å². The topological polar surface area (TPSA) is 84.2 Å². The van der Waals surface area contributed by atoms with Gasteiger partial charge in [-0.1, -0.05) is 29.8 Å². The fourth-order valence-electron chi connectivity index (χ4n) is 4.67. The van der Waals surface area contributed by atoms with Crippen LogP contribution in [0.5, 0.6) is 0 Å². The minimum atomic E-state index is -0.507. The van der Waals surface area contributed by atoms with Gasteiger partial charge in [0.2, 0.25) is 0 Å². The molecule has 2 unspecified atom stereocenters. The summed E-state index contributed by atoms with van der Waals surface area (Å²) >= 11 is 6.13. The molecule has 0 saturated carbocycles. The first-order valence-electron chi connectivity index (χ1n) is 10.8. The van der Waals surface area contributed by atoms with Crippen LogP contribution < -0.4 is 10.6 Å². The number of aromatic nitrogens is 1. The van der Waals surface area contributed by atoms with Gasteiger partial charge in [0.05, 0.1) is 6.26 Å². The number of nitrogens with zero attached hydrogens (tertiary/aromatic N) is 1. The highest BCUT2D eigenvalue weighted by Crippen LogP contribution is 2.45. The lowest BCUT2D eigenvalue weighted by Gasteiger charge is -2.36. The fraction of sp³-hybridized carbons (Fsp3) is 0.192. The Bertz CT molecular complexity index is 1260. The van der Waals surface area contributed by atoms with Crippen LogP contribution >= 0.6 is 11.6 Å². The van der Waals surface area contributed by atoms with E-state index in [1.54, 1.807) is 42.8 Å². The number of anilines is 1. The van der Waals surface area contributed by atoms with Crippen LogP contribution in [0.15, 0.2) is 94.0 Å². The minimum absolute atomic E-state index is 0.000682. The predicted octanol–water partition coefficient (Wildman–Crippen LogP) is 5.33. The zero-order valence-corrected chi connectivity index (χ0v) is 18.7. The smallest absolute Gasteiger partial charge is 0.255 e. The number of rotatable bonds is 4. The third kappa shape index (κ3) is 4.10. The molecule has 2 atom stereocenters. The molecule has 33 heavy (non-hydrogen) atoms. The first-order valence-corrected chi connectivity index (χ1v) is 11.1. The highest BCUT2D eigenvalue weighted by atomic mass is 35.5. The molecule has 5 rings (SSSR count). The summed E-state index contributed by atoms with van der Waals surface area (Å²) in [6.07, 6.45) is 4.20. The summed E-state index contributed by atoms with van der Waals surface area (Å²) in [5, 5.41) is 6.82. The van der Waals surface area contributed by atoms with Crippen molar-refractivity contribution in [2.75, 3.05) is 5.32 Å². The van der Waals surface area contributed by atoms with E-state index in [9.17, 15) is 9.59 Å². The van der Waals surface area contributed by atoms with E-state index in [1.807, 2.05) is 31.2 Å². The summed E-state index contributed by atoms with van der Waals surface area (Å²) in [5.74, 6) is 0.394. The number of benzene rings is 1. The number of ketones is 1. The van der Waals surface area contributed by atoms with Crippen molar-refractivity contribution in [1.29, 1.82) is 0 Å². The molecule has 7 heteroatoms. The van der Waals surface area contributed by atoms with Gasteiger partial charge in [-0.15, -0.1) is 0 Å². The first kappa shape index (κ1) is 21.2. The van der Waals surface area contributed by atoms with Gasteiger partial charge >= 0.3 is 0 Å². The quantitative estimate of drug-likeness (QED) is 0.551. The number of nitrogens with one attached hydrogen (secondary N) is 2. The number of hydrogen-bond donors (Lipinski definition) is 2. The second kappa shape index (κ2) is 8.71. The molecule has 0 spiro atoms. The molecule has 6 nitrogen and oxygen atoms in total. The van der Waals surface area contributed by atoms with Crippen molar-refractivity contribution < 1.29 is 14.0 Å². The van der Waals surface area contributed by atoms with E-state index < -0.39 is 5.92 Å². The van der Waals surface area contributed by atoms with E-state index in [-0.39, 0.29) is 17.6 Å². The molecule has 1 amide bonds. The van der Waals surface area contributed by atoms with E-state index in [2.05, 4.69) is 15.6 Å². The number of halogens is 1. The number of dihydropyridines is 1. The molecule has 2 N–H and O–H groups in total. The molecule has 1 aromatic carbocycles. The van der Waals surface area contributed by atoms with Gasteiger partial charge in [-0.05, 0) is 55.3 Å². The number of allylic oxidation sites excluding steroid dienone is 3. The standard InChI is InChI=1S/C26H22ClN3O3/c1-15-23(26(32)30-22-6-2-3-11-28-22)24(16-7-9-18(27)10-8-16)25-19(29-15)13-17(14-20(25)31)21-5-4-12-33-21/h2-12,17,24,29H,13-14H2,1H3,(H,28,30,32). The van der Waals surface area contributed by atoms with Gasteiger partial charge < -0.3 is 15.1 Å². The highest BCUT2D eigenvalue weighted by molar-refractivity contribution is 6.30. The van der Waals surface area contributed by atoms with Gasteiger partial charge in [0.1, 0.15) is 11.6 Å². The van der Waals surface area contributed by atoms with Crippen LogP contribution in [-0.4, -0.2) is 16.7 Å². The molecule has 2 aliphatic rings. The number of furan rings is 1. The van der Waals surface area contributed by atoms with E-state index >= 15 is 0 Å². The summed E-state index contributed by atoms with van der Waals surface area (Å²) in [4.78, 5) is 31.1. The maximum Gasteiger partial charge on any atom is 0.255 e. The van der Waals surface area contributed by atoms with E-state index in [0.29, 0.717) is 40.5 Å². The van der Waals surface area contributed by atoms with Crippen molar-refractivity contribution in [3.8, 4) is 0 Å². The Morgan fingerprint density at radius 1 is 1.12 bits per heavy atom. The van der Waals surface area contributed by atoms with Crippen LogP contribution in [0.1, 0.15) is 42.9 Å². The van der Waals surface area contributed by atoms with Crippen LogP contribution in [0.25, 0.3) is 0 Å². The zero-order valence-electron chi connectivity index (χ0n) is 18.0. The average Bonchev–Trinajstić information content (AvgIpc) is 3.34. The number of carbonyl (C=O) groups excluding carboxylic acids is 2. The normalized spacial score (nSPS) is 20.4. The molecule has 1 aliphatic carbocycles. The second-order valence-electron chi connectivity index (χ2n) is 8.25. The highest BCUT2D eigenvalue weighted by Gasteiger charge is 2.41. The maximum atomic E-state index is 13.5. The van der Waals surface area contributed by atoms with E-state index in [0.717, 1.165) is 17.0 Å². The largest absolute Gasteiger partial charge is 0.469 e.